The third-order valence-electron chi connectivity index (χ3n) is 4.83. The van der Waals surface area contributed by atoms with Crippen molar-refractivity contribution in [1.82, 2.24) is 4.57 Å². The zero-order valence-corrected chi connectivity index (χ0v) is 18.5. The van der Waals surface area contributed by atoms with Gasteiger partial charge in [-0.1, -0.05) is 35.1 Å². The summed E-state index contributed by atoms with van der Waals surface area (Å²) in [6.07, 6.45) is 0.249. The quantitative estimate of drug-likeness (QED) is 0.425. The van der Waals surface area contributed by atoms with E-state index in [1.165, 1.54) is 24.0 Å². The predicted molar refractivity (Wildman–Crippen MR) is 118 cm³/mol. The van der Waals surface area contributed by atoms with E-state index in [0.29, 0.717) is 30.1 Å². The summed E-state index contributed by atoms with van der Waals surface area (Å²) in [6.45, 7) is 7.68. The predicted octanol–water partition coefficient (Wildman–Crippen LogP) is 3.81. The van der Waals surface area contributed by atoms with Gasteiger partial charge in [0.1, 0.15) is 0 Å². The molecule has 0 aliphatic heterocycles. The Kier molecular flexibility index (Phi) is 7.18. The Morgan fingerprint density at radius 2 is 1.93 bits per heavy atom. The molecule has 158 valence electrons. The van der Waals surface area contributed by atoms with Crippen LogP contribution in [0.4, 0.5) is 0 Å². The van der Waals surface area contributed by atoms with E-state index in [9.17, 15) is 9.59 Å². The van der Waals surface area contributed by atoms with Crippen LogP contribution in [-0.2, 0) is 27.2 Å². The minimum absolute atomic E-state index is 0.202. The number of hydrogen-bond donors (Lipinski definition) is 0. The lowest BCUT2D eigenvalue weighted by molar-refractivity contribution is -0.117. The number of amides is 1. The molecule has 1 amide bonds. The largest absolute Gasteiger partial charge is 0.465 e. The van der Waals surface area contributed by atoms with E-state index in [-0.39, 0.29) is 12.3 Å². The number of thiazole rings is 1. The minimum Gasteiger partial charge on any atom is -0.465 e. The summed E-state index contributed by atoms with van der Waals surface area (Å²) in [4.78, 5) is 29.6. The van der Waals surface area contributed by atoms with Crippen LogP contribution in [-0.4, -0.2) is 36.8 Å². The van der Waals surface area contributed by atoms with Gasteiger partial charge < -0.3 is 14.0 Å². The van der Waals surface area contributed by atoms with Crippen molar-refractivity contribution in [2.24, 2.45) is 4.99 Å². The molecule has 0 spiro atoms. The second kappa shape index (κ2) is 9.82. The van der Waals surface area contributed by atoms with Gasteiger partial charge in [-0.25, -0.2) is 4.79 Å². The number of hydrogen-bond acceptors (Lipinski definition) is 5. The van der Waals surface area contributed by atoms with Crippen LogP contribution in [0.15, 0.2) is 41.4 Å². The summed E-state index contributed by atoms with van der Waals surface area (Å²) in [5.41, 5.74) is 4.60. The number of aromatic nitrogens is 1. The third kappa shape index (κ3) is 5.04. The zero-order valence-electron chi connectivity index (χ0n) is 17.7. The number of carbonyl (C=O) groups is 2. The number of ether oxygens (including phenoxy) is 2. The summed E-state index contributed by atoms with van der Waals surface area (Å²) < 4.78 is 13.2. The van der Waals surface area contributed by atoms with Gasteiger partial charge in [-0.15, -0.1) is 0 Å². The van der Waals surface area contributed by atoms with Gasteiger partial charge in [0.25, 0.3) is 5.91 Å². The summed E-state index contributed by atoms with van der Waals surface area (Å²) in [5, 5.41) is 0. The van der Waals surface area contributed by atoms with Crippen LogP contribution >= 0.6 is 11.3 Å². The van der Waals surface area contributed by atoms with Crippen LogP contribution in [0.25, 0.3) is 10.2 Å². The Balaban J connectivity index is 1.99. The molecule has 0 radical (unpaired) electrons. The molecule has 0 atom stereocenters. The number of benzene rings is 2. The number of nitrogens with zero attached hydrogens (tertiary/aromatic N) is 2. The molecule has 0 fully saturated rings. The number of esters is 1. The van der Waals surface area contributed by atoms with E-state index in [2.05, 4.69) is 11.1 Å². The van der Waals surface area contributed by atoms with Gasteiger partial charge in [0, 0.05) is 13.2 Å². The molecule has 0 N–H and O–H groups in total. The highest BCUT2D eigenvalue weighted by Gasteiger charge is 2.13. The molecular formula is C23H26N2O4S. The second-order valence-electron chi connectivity index (χ2n) is 7.02. The van der Waals surface area contributed by atoms with Gasteiger partial charge in [0.2, 0.25) is 0 Å². The Morgan fingerprint density at radius 1 is 1.13 bits per heavy atom. The molecular weight excluding hydrogens is 400 g/mol. The van der Waals surface area contributed by atoms with Crippen LogP contribution in [0, 0.1) is 13.8 Å². The Morgan fingerprint density at radius 3 is 2.63 bits per heavy atom. The molecule has 0 unspecified atom stereocenters. The van der Waals surface area contributed by atoms with Crippen LogP contribution in [0.3, 0.4) is 0 Å². The number of rotatable bonds is 7. The smallest absolute Gasteiger partial charge is 0.337 e. The van der Waals surface area contributed by atoms with Crippen LogP contribution in [0.5, 0.6) is 0 Å². The van der Waals surface area contributed by atoms with Gasteiger partial charge >= 0.3 is 5.97 Å². The zero-order chi connectivity index (χ0) is 21.7. The lowest BCUT2D eigenvalue weighted by Gasteiger charge is -2.06. The molecule has 2 aromatic carbocycles. The van der Waals surface area contributed by atoms with Crippen LogP contribution in [0.1, 0.15) is 34.0 Å². The van der Waals surface area contributed by atoms with Crippen molar-refractivity contribution >= 4 is 33.4 Å². The Hall–Kier alpha value is -2.77. The lowest BCUT2D eigenvalue weighted by atomic mass is 10.0. The highest BCUT2D eigenvalue weighted by Crippen LogP contribution is 2.20. The first-order chi connectivity index (χ1) is 14.4. The normalized spacial score (nSPS) is 11.8. The molecule has 7 heteroatoms. The summed E-state index contributed by atoms with van der Waals surface area (Å²) in [5.74, 6) is -0.595. The fraction of sp³-hybridized carbons (Fsp3) is 0.348. The summed E-state index contributed by atoms with van der Waals surface area (Å²) >= 11 is 1.38. The Labute approximate surface area is 179 Å². The van der Waals surface area contributed by atoms with Gasteiger partial charge in [-0.2, -0.15) is 4.99 Å². The molecule has 30 heavy (non-hydrogen) atoms. The lowest BCUT2D eigenvalue weighted by Crippen LogP contribution is -2.20. The fourth-order valence-electron chi connectivity index (χ4n) is 3.27. The SMILES string of the molecule is CCOCCn1c(=NC(=O)Cc2ccc(C)cc2C)sc2cc(C(=O)OC)ccc21. The molecule has 1 aromatic heterocycles. The number of aryl methyl sites for hydroxylation is 2. The van der Waals surface area contributed by atoms with Gasteiger partial charge in [0.15, 0.2) is 4.80 Å². The maximum Gasteiger partial charge on any atom is 0.337 e. The first-order valence-corrected chi connectivity index (χ1v) is 10.7. The van der Waals surface area contributed by atoms with E-state index in [1.807, 2.05) is 43.5 Å². The summed E-state index contributed by atoms with van der Waals surface area (Å²) in [6, 6.07) is 11.4. The van der Waals surface area contributed by atoms with E-state index >= 15 is 0 Å². The van der Waals surface area contributed by atoms with E-state index in [0.717, 1.165) is 21.3 Å². The first-order valence-electron chi connectivity index (χ1n) is 9.86. The van der Waals surface area contributed by atoms with E-state index in [4.69, 9.17) is 9.47 Å². The molecule has 3 rings (SSSR count). The molecule has 0 aliphatic carbocycles. The van der Waals surface area contributed by atoms with Gasteiger partial charge in [0.05, 0.1) is 35.9 Å². The topological polar surface area (TPSA) is 69.9 Å². The number of carbonyl (C=O) groups excluding carboxylic acids is 2. The molecule has 0 bridgehead atoms. The van der Waals surface area contributed by atoms with Crippen LogP contribution < -0.4 is 4.80 Å². The average Bonchev–Trinajstić information content (AvgIpc) is 3.06. The standard InChI is InChI=1S/C23H26N2O4S/c1-5-29-11-10-25-19-9-8-18(22(27)28-4)13-20(19)30-23(25)24-21(26)14-17-7-6-15(2)12-16(17)3/h6-9,12-13H,5,10-11,14H2,1-4H3. The van der Waals surface area contributed by atoms with Crippen molar-refractivity contribution in [3.05, 3.63) is 63.5 Å². The maximum absolute atomic E-state index is 12.7. The summed E-state index contributed by atoms with van der Waals surface area (Å²) in [7, 11) is 1.36. The van der Waals surface area contributed by atoms with Crippen molar-refractivity contribution in [1.29, 1.82) is 0 Å². The Bertz CT molecular complexity index is 1140. The van der Waals surface area contributed by atoms with Crippen molar-refractivity contribution in [3.8, 4) is 0 Å². The minimum atomic E-state index is -0.393. The van der Waals surface area contributed by atoms with Gasteiger partial charge in [-0.05, 0) is 50.1 Å². The average molecular weight is 427 g/mol. The molecule has 0 saturated heterocycles. The highest BCUT2D eigenvalue weighted by molar-refractivity contribution is 7.16. The van der Waals surface area contributed by atoms with Crippen molar-refractivity contribution in [3.63, 3.8) is 0 Å². The van der Waals surface area contributed by atoms with Crippen molar-refractivity contribution < 1.29 is 19.1 Å². The fourth-order valence-corrected chi connectivity index (χ4v) is 4.39. The van der Waals surface area contributed by atoms with E-state index in [1.54, 1.807) is 12.1 Å². The van der Waals surface area contributed by atoms with Crippen molar-refractivity contribution in [2.75, 3.05) is 20.3 Å². The second-order valence-corrected chi connectivity index (χ2v) is 8.03. The number of fused-ring (bicyclic) bond motifs is 1. The monoisotopic (exact) mass is 426 g/mol. The third-order valence-corrected chi connectivity index (χ3v) is 5.87. The molecule has 0 saturated carbocycles. The van der Waals surface area contributed by atoms with Crippen molar-refractivity contribution in [2.45, 2.75) is 33.7 Å². The highest BCUT2D eigenvalue weighted by atomic mass is 32.1. The van der Waals surface area contributed by atoms with Gasteiger partial charge in [-0.3, -0.25) is 4.79 Å². The number of methoxy groups -OCH3 is 1. The molecule has 1 heterocycles. The maximum atomic E-state index is 12.7. The van der Waals surface area contributed by atoms with E-state index < -0.39 is 5.97 Å². The molecule has 0 aliphatic rings. The molecule has 3 aromatic rings. The molecule has 6 nitrogen and oxygen atoms in total. The van der Waals surface area contributed by atoms with Crippen LogP contribution in [0.2, 0.25) is 0 Å². The first kappa shape index (κ1) is 21.9.